The van der Waals surface area contributed by atoms with Gasteiger partial charge in [-0.15, -0.1) is 0 Å². The van der Waals surface area contributed by atoms with Gasteiger partial charge in [0.2, 0.25) is 0 Å². The summed E-state index contributed by atoms with van der Waals surface area (Å²) in [4.78, 5) is 4.13. The topological polar surface area (TPSA) is 43.4 Å². The van der Waals surface area contributed by atoms with Crippen molar-refractivity contribution in [2.45, 2.75) is 20.4 Å². The number of hydrogen-bond acceptors (Lipinski definition) is 4. The van der Waals surface area contributed by atoms with E-state index in [4.69, 9.17) is 9.47 Å². The van der Waals surface area contributed by atoms with Crippen LogP contribution in [0.1, 0.15) is 18.1 Å². The summed E-state index contributed by atoms with van der Waals surface area (Å²) in [6.07, 6.45) is 3.62. The maximum atomic E-state index is 5.59. The third kappa shape index (κ3) is 3.88. The highest BCUT2D eigenvalue weighted by molar-refractivity contribution is 9.10. The number of benzene rings is 1. The van der Waals surface area contributed by atoms with Crippen LogP contribution in [0.25, 0.3) is 0 Å². The van der Waals surface area contributed by atoms with Gasteiger partial charge >= 0.3 is 0 Å². The summed E-state index contributed by atoms with van der Waals surface area (Å²) in [5, 5.41) is 3.38. The van der Waals surface area contributed by atoms with Gasteiger partial charge in [0, 0.05) is 12.7 Å². The predicted octanol–water partition coefficient (Wildman–Crippen LogP) is 4.17. The van der Waals surface area contributed by atoms with Crippen molar-refractivity contribution < 1.29 is 9.47 Å². The van der Waals surface area contributed by atoms with Gasteiger partial charge < -0.3 is 14.8 Å². The van der Waals surface area contributed by atoms with E-state index in [9.17, 15) is 0 Å². The second-order valence-electron chi connectivity index (χ2n) is 4.59. The molecule has 0 amide bonds. The zero-order chi connectivity index (χ0) is 15.2. The van der Waals surface area contributed by atoms with E-state index in [1.165, 1.54) is 5.56 Å². The lowest BCUT2D eigenvalue weighted by Gasteiger charge is -2.14. The quantitative estimate of drug-likeness (QED) is 0.848. The molecular weight excluding hydrogens is 332 g/mol. The Hall–Kier alpha value is -1.75. The minimum Gasteiger partial charge on any atom is -0.493 e. The first-order valence-corrected chi connectivity index (χ1v) is 7.58. The molecule has 1 N–H and O–H groups in total. The van der Waals surface area contributed by atoms with Crippen LogP contribution in [0, 0.1) is 6.92 Å². The van der Waals surface area contributed by atoms with E-state index in [-0.39, 0.29) is 0 Å². The number of aromatic nitrogens is 1. The van der Waals surface area contributed by atoms with Crippen molar-refractivity contribution in [2.24, 2.45) is 0 Å². The van der Waals surface area contributed by atoms with Gasteiger partial charge in [-0.3, -0.25) is 4.98 Å². The van der Waals surface area contributed by atoms with Crippen molar-refractivity contribution in [3.8, 4) is 11.5 Å². The minimum absolute atomic E-state index is 0.599. The lowest BCUT2D eigenvalue weighted by atomic mass is 10.2. The fourth-order valence-electron chi connectivity index (χ4n) is 2.01. The molecular formula is C16H19BrN2O2. The minimum atomic E-state index is 0.599. The normalized spacial score (nSPS) is 10.3. The Morgan fingerprint density at radius 2 is 2.14 bits per heavy atom. The van der Waals surface area contributed by atoms with Crippen LogP contribution >= 0.6 is 15.9 Å². The molecule has 0 unspecified atom stereocenters. The van der Waals surface area contributed by atoms with E-state index in [2.05, 4.69) is 33.2 Å². The summed E-state index contributed by atoms with van der Waals surface area (Å²) < 4.78 is 11.9. The first-order valence-electron chi connectivity index (χ1n) is 6.79. The second-order valence-corrected chi connectivity index (χ2v) is 5.44. The van der Waals surface area contributed by atoms with E-state index < -0.39 is 0 Å². The van der Waals surface area contributed by atoms with Crippen LogP contribution in [0.2, 0.25) is 0 Å². The average molecular weight is 351 g/mol. The van der Waals surface area contributed by atoms with Crippen LogP contribution in [0.5, 0.6) is 11.5 Å². The largest absolute Gasteiger partial charge is 0.493 e. The standard InChI is InChI=1S/C16H19BrN2O2/c1-4-21-16-13(17)7-12(8-15(16)20-3)9-19-14-10-18-6-5-11(14)2/h5-8,10,19H,4,9H2,1-3H3. The zero-order valence-electron chi connectivity index (χ0n) is 12.4. The summed E-state index contributed by atoms with van der Waals surface area (Å²) in [6.45, 7) is 5.29. The summed E-state index contributed by atoms with van der Waals surface area (Å²) >= 11 is 3.54. The van der Waals surface area contributed by atoms with Crippen LogP contribution < -0.4 is 14.8 Å². The Morgan fingerprint density at radius 1 is 1.33 bits per heavy atom. The highest BCUT2D eigenvalue weighted by Gasteiger charge is 2.11. The molecule has 4 nitrogen and oxygen atoms in total. The first-order chi connectivity index (χ1) is 10.2. The van der Waals surface area contributed by atoms with E-state index in [0.717, 1.165) is 27.2 Å². The first kappa shape index (κ1) is 15.6. The van der Waals surface area contributed by atoms with Gasteiger partial charge in [0.15, 0.2) is 11.5 Å². The molecule has 112 valence electrons. The van der Waals surface area contributed by atoms with Crippen molar-refractivity contribution in [3.05, 3.63) is 46.2 Å². The van der Waals surface area contributed by atoms with Gasteiger partial charge in [0.25, 0.3) is 0 Å². The number of rotatable bonds is 6. The van der Waals surface area contributed by atoms with Crippen LogP contribution in [-0.2, 0) is 6.54 Å². The van der Waals surface area contributed by atoms with E-state index in [1.807, 2.05) is 31.3 Å². The van der Waals surface area contributed by atoms with E-state index in [0.29, 0.717) is 13.2 Å². The number of ether oxygens (including phenoxy) is 2. The summed E-state index contributed by atoms with van der Waals surface area (Å²) in [7, 11) is 1.65. The average Bonchev–Trinajstić information content (AvgIpc) is 2.48. The van der Waals surface area contributed by atoms with Crippen molar-refractivity contribution >= 4 is 21.6 Å². The Bertz CT molecular complexity index is 617. The number of nitrogens with zero attached hydrogens (tertiary/aromatic N) is 1. The molecule has 0 aliphatic carbocycles. The van der Waals surface area contributed by atoms with E-state index >= 15 is 0 Å². The summed E-state index contributed by atoms with van der Waals surface area (Å²) in [6, 6.07) is 6.00. The van der Waals surface area contributed by atoms with Crippen LogP contribution in [0.3, 0.4) is 0 Å². The Kier molecular flexibility index (Phi) is 5.44. The summed E-state index contributed by atoms with van der Waals surface area (Å²) in [5.41, 5.74) is 3.30. The molecule has 0 saturated carbocycles. The monoisotopic (exact) mass is 350 g/mol. The fraction of sp³-hybridized carbons (Fsp3) is 0.312. The molecule has 5 heteroatoms. The molecule has 0 atom stereocenters. The van der Waals surface area contributed by atoms with Crippen molar-refractivity contribution in [1.29, 1.82) is 0 Å². The molecule has 1 aromatic carbocycles. The zero-order valence-corrected chi connectivity index (χ0v) is 14.0. The number of hydrogen-bond donors (Lipinski definition) is 1. The second kappa shape index (κ2) is 7.31. The number of pyridine rings is 1. The fourth-order valence-corrected chi connectivity index (χ4v) is 2.61. The molecule has 0 bridgehead atoms. The molecule has 0 aliphatic rings. The highest BCUT2D eigenvalue weighted by atomic mass is 79.9. The van der Waals surface area contributed by atoms with Crippen molar-refractivity contribution in [2.75, 3.05) is 19.0 Å². The molecule has 0 radical (unpaired) electrons. The van der Waals surface area contributed by atoms with Gasteiger partial charge in [-0.1, -0.05) is 0 Å². The van der Waals surface area contributed by atoms with E-state index in [1.54, 1.807) is 13.3 Å². The SMILES string of the molecule is CCOc1c(Br)cc(CNc2cnccc2C)cc1OC. The lowest BCUT2D eigenvalue weighted by Crippen LogP contribution is -2.03. The predicted molar refractivity (Wildman–Crippen MR) is 88.2 cm³/mol. The highest BCUT2D eigenvalue weighted by Crippen LogP contribution is 2.36. The Morgan fingerprint density at radius 3 is 2.81 bits per heavy atom. The number of nitrogens with one attached hydrogen (secondary N) is 1. The molecule has 1 heterocycles. The molecule has 0 saturated heterocycles. The van der Waals surface area contributed by atoms with Gasteiger partial charge in [0.05, 0.1) is 30.1 Å². The molecule has 2 aromatic rings. The number of halogens is 1. The number of anilines is 1. The number of aryl methyl sites for hydroxylation is 1. The third-order valence-electron chi connectivity index (χ3n) is 3.10. The maximum Gasteiger partial charge on any atom is 0.175 e. The van der Waals surface area contributed by atoms with Gasteiger partial charge in [0.1, 0.15) is 0 Å². The van der Waals surface area contributed by atoms with Crippen LogP contribution in [0.15, 0.2) is 35.1 Å². The molecule has 0 fully saturated rings. The smallest absolute Gasteiger partial charge is 0.175 e. The van der Waals surface area contributed by atoms with Gasteiger partial charge in [-0.2, -0.15) is 0 Å². The third-order valence-corrected chi connectivity index (χ3v) is 3.69. The summed E-state index contributed by atoms with van der Waals surface area (Å²) in [5.74, 6) is 1.47. The number of methoxy groups -OCH3 is 1. The maximum absolute atomic E-state index is 5.59. The van der Waals surface area contributed by atoms with Crippen molar-refractivity contribution in [3.63, 3.8) is 0 Å². The Balaban J connectivity index is 2.17. The van der Waals surface area contributed by atoms with Crippen LogP contribution in [0.4, 0.5) is 5.69 Å². The van der Waals surface area contributed by atoms with Crippen molar-refractivity contribution in [1.82, 2.24) is 4.98 Å². The molecule has 1 aromatic heterocycles. The molecule has 0 spiro atoms. The molecule has 0 aliphatic heterocycles. The molecule has 21 heavy (non-hydrogen) atoms. The lowest BCUT2D eigenvalue weighted by molar-refractivity contribution is 0.308. The Labute approximate surface area is 133 Å². The van der Waals surface area contributed by atoms with Gasteiger partial charge in [-0.25, -0.2) is 0 Å². The van der Waals surface area contributed by atoms with Gasteiger partial charge in [-0.05, 0) is 59.1 Å². The van der Waals surface area contributed by atoms with Crippen LogP contribution in [-0.4, -0.2) is 18.7 Å². The molecule has 2 rings (SSSR count).